The molecule has 1 aromatic heterocycles. The lowest BCUT2D eigenvalue weighted by atomic mass is 10.0. The molecule has 0 saturated carbocycles. The Bertz CT molecular complexity index is 752. The van der Waals surface area contributed by atoms with Crippen molar-refractivity contribution in [3.8, 4) is 0 Å². The first-order valence-electron chi connectivity index (χ1n) is 6.68. The zero-order chi connectivity index (χ0) is 14.1. The van der Waals surface area contributed by atoms with Gasteiger partial charge in [-0.1, -0.05) is 36.4 Å². The monoisotopic (exact) mass is 283 g/mol. The molecule has 0 bridgehead atoms. The highest BCUT2D eigenvalue weighted by atomic mass is 31.1. The maximum Gasteiger partial charge on any atom is 0.303 e. The molecule has 0 amide bonds. The summed E-state index contributed by atoms with van der Waals surface area (Å²) in [6.07, 6.45) is 0.770. The molecular formula is C17H16O2P+. The summed E-state index contributed by atoms with van der Waals surface area (Å²) >= 11 is 0. The van der Waals surface area contributed by atoms with Crippen LogP contribution in [0.3, 0.4) is 0 Å². The Hall–Kier alpha value is -1.92. The molecule has 2 aromatic carbocycles. The van der Waals surface area contributed by atoms with Crippen molar-refractivity contribution in [2.45, 2.75) is 12.8 Å². The quantitative estimate of drug-likeness (QED) is 0.700. The molecule has 0 atom stereocenters. The van der Waals surface area contributed by atoms with Gasteiger partial charge in [-0.3, -0.25) is 4.79 Å². The summed E-state index contributed by atoms with van der Waals surface area (Å²) in [5, 5.41) is 14.2. The van der Waals surface area contributed by atoms with Crippen molar-refractivity contribution in [1.29, 1.82) is 0 Å². The summed E-state index contributed by atoms with van der Waals surface area (Å²) in [5.74, 6) is -0.739. The minimum absolute atomic E-state index is 0.180. The van der Waals surface area contributed by atoms with Crippen LogP contribution in [-0.4, -0.2) is 11.1 Å². The van der Waals surface area contributed by atoms with Gasteiger partial charge in [0.05, 0.1) is 0 Å². The molecule has 0 aliphatic carbocycles. The number of carboxylic acids is 1. The van der Waals surface area contributed by atoms with E-state index in [4.69, 9.17) is 5.11 Å². The minimum atomic E-state index is -0.739. The Labute approximate surface area is 118 Å². The third kappa shape index (κ3) is 2.17. The second-order valence-corrected chi connectivity index (χ2v) is 7.05. The number of rotatable bonds is 3. The number of carbonyl (C=O) groups is 1. The third-order valence-corrected chi connectivity index (χ3v) is 6.00. The molecule has 0 saturated heterocycles. The molecule has 0 spiro atoms. The van der Waals surface area contributed by atoms with Crippen LogP contribution in [0.2, 0.25) is 0 Å². The Morgan fingerprint density at radius 2 is 1.50 bits per heavy atom. The summed E-state index contributed by atoms with van der Waals surface area (Å²) in [7, 11) is -0.344. The largest absolute Gasteiger partial charge is 0.481 e. The van der Waals surface area contributed by atoms with Crippen molar-refractivity contribution in [1.82, 2.24) is 0 Å². The first kappa shape index (κ1) is 13.1. The highest BCUT2D eigenvalue weighted by Gasteiger charge is 2.18. The molecule has 20 heavy (non-hydrogen) atoms. The van der Waals surface area contributed by atoms with Crippen molar-refractivity contribution in [3.05, 3.63) is 54.1 Å². The van der Waals surface area contributed by atoms with Crippen molar-refractivity contribution in [3.63, 3.8) is 0 Å². The summed E-state index contributed by atoms with van der Waals surface area (Å²) < 4.78 is 0. The molecule has 0 aliphatic heterocycles. The van der Waals surface area contributed by atoms with Gasteiger partial charge in [0.25, 0.3) is 0 Å². The number of fused-ring (bicyclic) bond motifs is 2. The van der Waals surface area contributed by atoms with Crippen molar-refractivity contribution in [2.24, 2.45) is 6.66 Å². The molecular weight excluding hydrogens is 267 g/mol. The number of hydrogen-bond donors (Lipinski definition) is 1. The molecule has 1 heterocycles. The lowest BCUT2D eigenvalue weighted by molar-refractivity contribution is -0.136. The lowest BCUT2D eigenvalue weighted by Crippen LogP contribution is -1.98. The van der Waals surface area contributed by atoms with Crippen molar-refractivity contribution in [2.75, 3.05) is 0 Å². The summed E-state index contributed by atoms with van der Waals surface area (Å²) in [4.78, 5) is 10.9. The van der Waals surface area contributed by atoms with Gasteiger partial charge in [0, 0.05) is 17.2 Å². The van der Waals surface area contributed by atoms with E-state index in [1.165, 1.54) is 26.6 Å². The predicted molar refractivity (Wildman–Crippen MR) is 85.5 cm³/mol. The number of carboxylic acid groups (broad SMARTS) is 1. The average Bonchev–Trinajstić information content (AvgIpc) is 2.47. The van der Waals surface area contributed by atoms with E-state index < -0.39 is 5.97 Å². The van der Waals surface area contributed by atoms with Crippen LogP contribution >= 0.6 is 7.53 Å². The second kappa shape index (κ2) is 5.22. The van der Waals surface area contributed by atoms with E-state index in [0.29, 0.717) is 6.42 Å². The number of hydrogen-bond acceptors (Lipinski definition) is 1. The molecule has 3 aromatic rings. The van der Waals surface area contributed by atoms with E-state index in [-0.39, 0.29) is 14.0 Å². The van der Waals surface area contributed by atoms with Gasteiger partial charge in [-0.25, -0.2) is 0 Å². The van der Waals surface area contributed by atoms with Crippen LogP contribution in [0, 0.1) is 0 Å². The van der Waals surface area contributed by atoms with Gasteiger partial charge in [-0.05, 0) is 24.1 Å². The maximum absolute atomic E-state index is 10.9. The predicted octanol–water partition coefficient (Wildman–Crippen LogP) is 4.81. The van der Waals surface area contributed by atoms with Crippen LogP contribution in [0.25, 0.3) is 21.0 Å². The molecule has 0 aliphatic rings. The van der Waals surface area contributed by atoms with Crippen molar-refractivity contribution < 1.29 is 9.90 Å². The Kier molecular flexibility index (Phi) is 3.42. The first-order valence-corrected chi connectivity index (χ1v) is 8.47. The van der Waals surface area contributed by atoms with Crippen LogP contribution in [0.5, 0.6) is 0 Å². The SMILES string of the molecule is C[p+]1c2ccccc2c(CCC(=O)O)c2ccccc21. The first-order chi connectivity index (χ1) is 9.68. The standard InChI is InChI=1S/C17H15O2P/c1-20-15-8-4-2-6-13(15)12(10-11-17(18)19)14-7-3-5-9-16(14)20/h2-9H,10-11H2,1H3/p+1. The smallest absolute Gasteiger partial charge is 0.303 e. The number of aryl methyl sites for hydroxylation is 2. The van der Waals surface area contributed by atoms with Gasteiger partial charge in [0.15, 0.2) is 10.2 Å². The Morgan fingerprint density at radius 1 is 1.00 bits per heavy atom. The van der Waals surface area contributed by atoms with Crippen LogP contribution in [0.15, 0.2) is 48.5 Å². The van der Waals surface area contributed by atoms with Crippen LogP contribution in [0.4, 0.5) is 0 Å². The zero-order valence-electron chi connectivity index (χ0n) is 11.3. The molecule has 3 rings (SSSR count). The van der Waals surface area contributed by atoms with E-state index >= 15 is 0 Å². The van der Waals surface area contributed by atoms with E-state index in [9.17, 15) is 4.79 Å². The fourth-order valence-corrected chi connectivity index (χ4v) is 4.84. The van der Waals surface area contributed by atoms with Gasteiger partial charge < -0.3 is 5.11 Å². The van der Waals surface area contributed by atoms with Crippen molar-refractivity contribution >= 4 is 34.5 Å². The summed E-state index contributed by atoms with van der Waals surface area (Å²) in [5.41, 5.74) is 1.18. The van der Waals surface area contributed by atoms with Gasteiger partial charge in [0.1, 0.15) is 14.2 Å². The fourth-order valence-electron chi connectivity index (χ4n) is 2.82. The van der Waals surface area contributed by atoms with E-state index in [0.717, 1.165) is 0 Å². The van der Waals surface area contributed by atoms with E-state index in [1.807, 2.05) is 12.1 Å². The zero-order valence-corrected chi connectivity index (χ0v) is 12.2. The topological polar surface area (TPSA) is 37.3 Å². The Morgan fingerprint density at radius 3 is 2.00 bits per heavy atom. The second-order valence-electron chi connectivity index (χ2n) is 4.97. The molecule has 0 unspecified atom stereocenters. The molecule has 1 N–H and O–H groups in total. The van der Waals surface area contributed by atoms with Gasteiger partial charge >= 0.3 is 5.97 Å². The summed E-state index contributed by atoms with van der Waals surface area (Å²) in [6.45, 7) is 2.28. The highest BCUT2D eigenvalue weighted by molar-refractivity contribution is 7.59. The molecule has 0 radical (unpaired) electrons. The highest BCUT2D eigenvalue weighted by Crippen LogP contribution is 2.44. The fraction of sp³-hybridized carbons (Fsp3) is 0.176. The molecule has 2 nitrogen and oxygen atoms in total. The van der Waals surface area contributed by atoms with Crippen LogP contribution in [-0.2, 0) is 17.9 Å². The normalized spacial score (nSPS) is 11.1. The van der Waals surface area contributed by atoms with Crippen LogP contribution in [0.1, 0.15) is 12.0 Å². The number of aliphatic carboxylic acids is 1. The van der Waals surface area contributed by atoms with Gasteiger partial charge in [0.2, 0.25) is 0 Å². The van der Waals surface area contributed by atoms with Crippen LogP contribution < -0.4 is 0 Å². The Balaban J connectivity index is 2.37. The molecule has 100 valence electrons. The molecule has 3 heteroatoms. The minimum Gasteiger partial charge on any atom is -0.481 e. The third-order valence-electron chi connectivity index (χ3n) is 3.77. The maximum atomic E-state index is 10.9. The average molecular weight is 283 g/mol. The summed E-state index contributed by atoms with van der Waals surface area (Å²) in [6, 6.07) is 16.8. The number of benzene rings is 2. The van der Waals surface area contributed by atoms with Gasteiger partial charge in [-0.2, -0.15) is 0 Å². The van der Waals surface area contributed by atoms with Gasteiger partial charge in [-0.15, -0.1) is 0 Å². The van der Waals surface area contributed by atoms with E-state index in [1.54, 1.807) is 0 Å². The lowest BCUT2D eigenvalue weighted by Gasteiger charge is -2.08. The molecule has 0 fully saturated rings. The van der Waals surface area contributed by atoms with E-state index in [2.05, 4.69) is 43.1 Å².